The van der Waals surface area contributed by atoms with E-state index in [1.807, 2.05) is 6.92 Å². The van der Waals surface area contributed by atoms with Crippen molar-refractivity contribution in [2.75, 3.05) is 24.2 Å². The average molecular weight is 295 g/mol. The number of hydrogen-bond donors (Lipinski definition) is 2. The van der Waals surface area contributed by atoms with E-state index in [1.54, 1.807) is 0 Å². The molecule has 0 unspecified atom stereocenters. The lowest BCUT2D eigenvalue weighted by molar-refractivity contribution is 0.128. The average Bonchev–Trinajstić information content (AvgIpc) is 2.24. The molecule has 1 heterocycles. The first kappa shape index (κ1) is 15.1. The lowest BCUT2D eigenvalue weighted by Gasteiger charge is -2.07. The number of sulfonamides is 1. The standard InChI is InChI=1S/C9H15ClN4O3S/c1-2-17-6-9-13-7(10)5-8(14-9)12-3-4-18(11,15)16/h5H,2-4,6H2,1H3,(H2,11,15,16)(H,12,13,14). The van der Waals surface area contributed by atoms with Gasteiger partial charge >= 0.3 is 0 Å². The van der Waals surface area contributed by atoms with Crippen LogP contribution in [0.2, 0.25) is 5.15 Å². The summed E-state index contributed by atoms with van der Waals surface area (Å²) in [7, 11) is -3.49. The quantitative estimate of drug-likeness (QED) is 0.703. The van der Waals surface area contributed by atoms with Gasteiger partial charge in [0.05, 0.1) is 5.75 Å². The van der Waals surface area contributed by atoms with Crippen molar-refractivity contribution in [2.45, 2.75) is 13.5 Å². The van der Waals surface area contributed by atoms with E-state index < -0.39 is 10.0 Å². The highest BCUT2D eigenvalue weighted by Crippen LogP contribution is 2.11. The molecule has 0 saturated carbocycles. The molecule has 9 heteroatoms. The maximum Gasteiger partial charge on any atom is 0.210 e. The Kier molecular flexibility index (Phi) is 5.73. The Balaban J connectivity index is 2.62. The second-order valence-corrected chi connectivity index (χ2v) is 5.54. The van der Waals surface area contributed by atoms with Gasteiger partial charge in [-0.15, -0.1) is 0 Å². The van der Waals surface area contributed by atoms with E-state index in [4.69, 9.17) is 21.5 Å². The van der Waals surface area contributed by atoms with Crippen LogP contribution in [0.5, 0.6) is 0 Å². The fourth-order valence-corrected chi connectivity index (χ4v) is 1.72. The lowest BCUT2D eigenvalue weighted by Crippen LogP contribution is -2.22. The monoisotopic (exact) mass is 294 g/mol. The molecule has 3 N–H and O–H groups in total. The molecule has 0 radical (unpaired) electrons. The summed E-state index contributed by atoms with van der Waals surface area (Å²) in [6, 6.07) is 1.50. The second kappa shape index (κ2) is 6.83. The van der Waals surface area contributed by atoms with Gasteiger partial charge in [-0.1, -0.05) is 11.6 Å². The lowest BCUT2D eigenvalue weighted by atomic mass is 10.5. The third-order valence-corrected chi connectivity index (χ3v) is 2.84. The summed E-state index contributed by atoms with van der Waals surface area (Å²) in [4.78, 5) is 8.10. The summed E-state index contributed by atoms with van der Waals surface area (Å²) >= 11 is 5.81. The van der Waals surface area contributed by atoms with Crippen LogP contribution in [0.25, 0.3) is 0 Å². The van der Waals surface area contributed by atoms with Crippen LogP contribution in [-0.2, 0) is 21.4 Å². The maximum absolute atomic E-state index is 10.8. The number of halogens is 1. The fourth-order valence-electron chi connectivity index (χ4n) is 1.13. The molecule has 0 amide bonds. The van der Waals surface area contributed by atoms with Crippen molar-refractivity contribution in [3.05, 3.63) is 17.0 Å². The van der Waals surface area contributed by atoms with Gasteiger partial charge in [-0.25, -0.2) is 23.5 Å². The van der Waals surface area contributed by atoms with Gasteiger partial charge in [0, 0.05) is 19.2 Å². The molecule has 0 spiro atoms. The first-order chi connectivity index (χ1) is 8.40. The molecule has 0 fully saturated rings. The number of anilines is 1. The van der Waals surface area contributed by atoms with Crippen molar-refractivity contribution < 1.29 is 13.2 Å². The second-order valence-electron chi connectivity index (χ2n) is 3.42. The van der Waals surface area contributed by atoms with Crippen LogP contribution in [0.1, 0.15) is 12.7 Å². The Morgan fingerprint density at radius 3 is 2.83 bits per heavy atom. The summed E-state index contributed by atoms with van der Waals surface area (Å²) < 4.78 is 26.7. The van der Waals surface area contributed by atoms with Gasteiger partial charge in [0.1, 0.15) is 17.6 Å². The van der Waals surface area contributed by atoms with Gasteiger partial charge in [-0.05, 0) is 6.92 Å². The molecule has 0 atom stereocenters. The van der Waals surface area contributed by atoms with E-state index in [0.29, 0.717) is 18.2 Å². The van der Waals surface area contributed by atoms with Gasteiger partial charge in [-0.3, -0.25) is 0 Å². The molecular formula is C9H15ClN4O3S. The van der Waals surface area contributed by atoms with Crippen molar-refractivity contribution in [1.29, 1.82) is 0 Å². The normalized spacial score (nSPS) is 11.5. The predicted molar refractivity (Wildman–Crippen MR) is 68.8 cm³/mol. The number of ether oxygens (including phenoxy) is 1. The molecule has 0 aliphatic rings. The van der Waals surface area contributed by atoms with Crippen LogP contribution < -0.4 is 10.5 Å². The smallest absolute Gasteiger partial charge is 0.210 e. The van der Waals surface area contributed by atoms with E-state index >= 15 is 0 Å². The summed E-state index contributed by atoms with van der Waals surface area (Å²) in [6.07, 6.45) is 0. The summed E-state index contributed by atoms with van der Waals surface area (Å²) in [5.41, 5.74) is 0. The molecule has 0 aliphatic heterocycles. The molecule has 1 aromatic rings. The number of primary sulfonamides is 1. The molecule has 0 aliphatic carbocycles. The maximum atomic E-state index is 10.8. The molecule has 102 valence electrons. The molecule has 7 nitrogen and oxygen atoms in total. The minimum absolute atomic E-state index is 0.153. The number of rotatable bonds is 7. The third-order valence-electron chi connectivity index (χ3n) is 1.87. The molecule has 1 aromatic heterocycles. The topological polar surface area (TPSA) is 107 Å². The Labute approximate surface area is 111 Å². The molecule has 0 saturated heterocycles. The molecular weight excluding hydrogens is 280 g/mol. The van der Waals surface area contributed by atoms with E-state index in [1.165, 1.54) is 6.07 Å². The van der Waals surface area contributed by atoms with Gasteiger partial charge in [-0.2, -0.15) is 0 Å². The number of nitrogens with zero attached hydrogens (tertiary/aromatic N) is 2. The van der Waals surface area contributed by atoms with E-state index in [2.05, 4.69) is 15.3 Å². The molecule has 1 rings (SSSR count). The molecule has 18 heavy (non-hydrogen) atoms. The zero-order valence-electron chi connectivity index (χ0n) is 9.89. The van der Waals surface area contributed by atoms with Crippen LogP contribution in [0.3, 0.4) is 0 Å². The van der Waals surface area contributed by atoms with Gasteiger partial charge in [0.2, 0.25) is 10.0 Å². The van der Waals surface area contributed by atoms with Crippen LogP contribution in [0.4, 0.5) is 5.82 Å². The number of nitrogens with two attached hydrogens (primary N) is 1. The highest BCUT2D eigenvalue weighted by Gasteiger charge is 2.05. The minimum atomic E-state index is -3.49. The zero-order chi connectivity index (χ0) is 13.6. The van der Waals surface area contributed by atoms with E-state index in [0.717, 1.165) is 0 Å². The van der Waals surface area contributed by atoms with Gasteiger partial charge in [0.15, 0.2) is 5.82 Å². The molecule has 0 aromatic carbocycles. The van der Waals surface area contributed by atoms with Crippen molar-refractivity contribution in [3.63, 3.8) is 0 Å². The largest absolute Gasteiger partial charge is 0.374 e. The van der Waals surface area contributed by atoms with Crippen molar-refractivity contribution in [3.8, 4) is 0 Å². The van der Waals surface area contributed by atoms with Crippen molar-refractivity contribution in [2.24, 2.45) is 5.14 Å². The third kappa shape index (κ3) is 6.10. The summed E-state index contributed by atoms with van der Waals surface area (Å²) in [6.45, 7) is 2.81. The minimum Gasteiger partial charge on any atom is -0.374 e. The van der Waals surface area contributed by atoms with E-state index in [-0.39, 0.29) is 24.1 Å². The Hall–Kier alpha value is -0.960. The van der Waals surface area contributed by atoms with Crippen LogP contribution in [0.15, 0.2) is 6.07 Å². The number of hydrogen-bond acceptors (Lipinski definition) is 6. The molecule has 0 bridgehead atoms. The van der Waals surface area contributed by atoms with Crippen molar-refractivity contribution in [1.82, 2.24) is 9.97 Å². The Morgan fingerprint density at radius 2 is 2.22 bits per heavy atom. The first-order valence-electron chi connectivity index (χ1n) is 5.26. The number of nitrogens with one attached hydrogen (secondary N) is 1. The predicted octanol–water partition coefficient (Wildman–Crippen LogP) is 0.367. The highest BCUT2D eigenvalue weighted by atomic mass is 35.5. The fraction of sp³-hybridized carbons (Fsp3) is 0.556. The van der Waals surface area contributed by atoms with Crippen LogP contribution in [-0.4, -0.2) is 37.3 Å². The number of aromatic nitrogens is 2. The van der Waals surface area contributed by atoms with Gasteiger partial charge < -0.3 is 10.1 Å². The van der Waals surface area contributed by atoms with Crippen LogP contribution in [0, 0.1) is 0 Å². The summed E-state index contributed by atoms with van der Waals surface area (Å²) in [5, 5.41) is 7.95. The SMILES string of the molecule is CCOCc1nc(Cl)cc(NCCS(N)(=O)=O)n1. The van der Waals surface area contributed by atoms with Gasteiger partial charge in [0.25, 0.3) is 0 Å². The van der Waals surface area contributed by atoms with Crippen molar-refractivity contribution >= 4 is 27.4 Å². The van der Waals surface area contributed by atoms with E-state index in [9.17, 15) is 8.42 Å². The zero-order valence-corrected chi connectivity index (χ0v) is 11.5. The first-order valence-corrected chi connectivity index (χ1v) is 7.35. The summed E-state index contributed by atoms with van der Waals surface area (Å²) in [5.74, 6) is 0.686. The van der Waals surface area contributed by atoms with Crippen LogP contribution >= 0.6 is 11.6 Å². The highest BCUT2D eigenvalue weighted by molar-refractivity contribution is 7.89. The Bertz CT molecular complexity index is 495. The Morgan fingerprint density at radius 1 is 1.50 bits per heavy atom.